The highest BCUT2D eigenvalue weighted by Crippen LogP contribution is 2.38. The normalized spacial score (nSPS) is 12.2. The number of hydrogen-bond acceptors (Lipinski definition) is 3. The van der Waals surface area contributed by atoms with E-state index in [2.05, 4.69) is 72.9 Å². The summed E-state index contributed by atoms with van der Waals surface area (Å²) in [7, 11) is 0. The summed E-state index contributed by atoms with van der Waals surface area (Å²) in [5.74, 6) is 0. The van der Waals surface area contributed by atoms with E-state index in [4.69, 9.17) is 0 Å². The van der Waals surface area contributed by atoms with Gasteiger partial charge in [-0.2, -0.15) is 0 Å². The molecule has 0 spiro atoms. The zero-order valence-electron chi connectivity index (χ0n) is 36.2. The Labute approximate surface area is 385 Å². The van der Waals surface area contributed by atoms with Gasteiger partial charge < -0.3 is 4.40 Å². The van der Waals surface area contributed by atoms with Crippen molar-refractivity contribution in [3.8, 4) is 33.4 Å². The summed E-state index contributed by atoms with van der Waals surface area (Å²) in [4.78, 5) is 45.2. The molecule has 0 unspecified atom stereocenters. The molecule has 9 aromatic carbocycles. The molecule has 3 aromatic heterocycles. The molecular weight excluding hydrogens is 819 g/mol. The van der Waals surface area contributed by atoms with Crippen LogP contribution in [0.1, 0.15) is 33.4 Å². The molecule has 0 amide bonds. The van der Waals surface area contributed by atoms with Crippen LogP contribution in [0.2, 0.25) is 0 Å². The fraction of sp³-hybridized carbons (Fsp3) is 0. The minimum atomic E-state index is -0.220. The molecule has 0 saturated heterocycles. The summed E-state index contributed by atoms with van der Waals surface area (Å²) in [6.45, 7) is 0. The number of aromatic nitrogens is 1. The van der Waals surface area contributed by atoms with Gasteiger partial charge in [0.15, 0.2) is 16.3 Å². The third-order valence-corrected chi connectivity index (χ3v) is 13.0. The first kappa shape index (κ1) is 39.6. The summed E-state index contributed by atoms with van der Waals surface area (Å²) in [5, 5.41) is 2.58. The van der Waals surface area contributed by atoms with Crippen LogP contribution in [-0.4, -0.2) is 4.40 Å². The fourth-order valence-electron chi connectivity index (χ4n) is 9.57. The number of hydrogen-bond donors (Lipinski definition) is 0. The minimum Gasteiger partial charge on any atom is -0.306 e. The molecule has 4 heteroatoms. The fourth-order valence-corrected chi connectivity index (χ4v) is 9.57. The first-order valence-corrected chi connectivity index (χ1v) is 22.4. The molecule has 314 valence electrons. The molecule has 0 saturated carbocycles. The second-order valence-electron chi connectivity index (χ2n) is 17.2. The highest BCUT2D eigenvalue weighted by molar-refractivity contribution is 6.18. The number of nitrogens with zero attached hydrogens (tertiary/aromatic N) is 1. The lowest BCUT2D eigenvalue weighted by atomic mass is 9.91. The Morgan fingerprint density at radius 2 is 0.448 bits per heavy atom. The Morgan fingerprint density at radius 3 is 0.672 bits per heavy atom. The second kappa shape index (κ2) is 16.2. The van der Waals surface area contributed by atoms with Gasteiger partial charge in [-0.3, -0.25) is 14.4 Å². The molecule has 0 radical (unpaired) electrons. The minimum absolute atomic E-state index is 0.220. The maximum atomic E-state index is 15.1. The van der Waals surface area contributed by atoms with Crippen molar-refractivity contribution in [1.29, 1.82) is 0 Å². The van der Waals surface area contributed by atoms with E-state index in [1.807, 2.05) is 168 Å². The molecule has 3 heterocycles. The molecule has 0 fully saturated rings. The lowest BCUT2D eigenvalue weighted by molar-refractivity contribution is 1.31. The van der Waals surface area contributed by atoms with Crippen LogP contribution in [0.15, 0.2) is 215 Å². The predicted molar refractivity (Wildman–Crippen MR) is 282 cm³/mol. The third kappa shape index (κ3) is 7.09. The largest absolute Gasteiger partial charge is 0.306 e. The lowest BCUT2D eigenvalue weighted by Gasteiger charge is -2.20. The average Bonchev–Trinajstić information content (AvgIpc) is 3.39. The van der Waals surface area contributed by atoms with E-state index in [-0.39, 0.29) is 16.3 Å². The van der Waals surface area contributed by atoms with Crippen LogP contribution in [0, 0.1) is 0 Å². The number of pyridine rings is 3. The summed E-state index contributed by atoms with van der Waals surface area (Å²) in [6.07, 6.45) is 12.4. The molecule has 67 heavy (non-hydrogen) atoms. The van der Waals surface area contributed by atoms with Crippen LogP contribution in [-0.2, 0) is 0 Å². The van der Waals surface area contributed by atoms with Crippen molar-refractivity contribution in [1.82, 2.24) is 4.40 Å². The molecular formula is C63H39NO3. The van der Waals surface area contributed by atoms with Crippen molar-refractivity contribution < 1.29 is 0 Å². The monoisotopic (exact) mass is 857 g/mol. The standard InChI is InChI=1S/C63H39NO3/c65-61-52-34-49(46-28-22-43(23-29-46)19-16-40-10-4-1-5-11-40)35-53-58(52)64-59-54(61)36-50(47-30-24-44(25-31-47)20-17-41-12-6-2-7-13-41)38-56(59)63(67)57-39-51(37-55(60(57)64)62(53)66)48-32-26-45(27-33-48)21-18-42-14-8-3-9-15-42/h1-39H. The predicted octanol–water partition coefficient (Wildman–Crippen LogP) is 14.5. The second-order valence-corrected chi connectivity index (χ2v) is 17.2. The van der Waals surface area contributed by atoms with Crippen molar-refractivity contribution in [2.75, 3.05) is 0 Å². The Hall–Kier alpha value is -8.99. The van der Waals surface area contributed by atoms with E-state index >= 15 is 14.4 Å². The van der Waals surface area contributed by atoms with Gasteiger partial charge in [-0.05, 0) is 103 Å². The van der Waals surface area contributed by atoms with Crippen molar-refractivity contribution in [2.24, 2.45) is 0 Å². The van der Waals surface area contributed by atoms with Crippen molar-refractivity contribution in [3.05, 3.63) is 264 Å². The summed E-state index contributed by atoms with van der Waals surface area (Å²) in [6, 6.07) is 66.4. The molecule has 0 aliphatic rings. The van der Waals surface area contributed by atoms with Gasteiger partial charge in [0.1, 0.15) is 0 Å². The van der Waals surface area contributed by atoms with E-state index in [1.54, 1.807) is 0 Å². The Morgan fingerprint density at radius 1 is 0.239 bits per heavy atom. The maximum absolute atomic E-state index is 15.1. The van der Waals surface area contributed by atoms with Gasteiger partial charge in [0.2, 0.25) is 0 Å². The molecule has 4 nitrogen and oxygen atoms in total. The van der Waals surface area contributed by atoms with Gasteiger partial charge >= 0.3 is 0 Å². The molecule has 0 bridgehead atoms. The first-order chi connectivity index (χ1) is 32.9. The maximum Gasteiger partial charge on any atom is 0.197 e. The van der Waals surface area contributed by atoms with Crippen LogP contribution in [0.5, 0.6) is 0 Å². The highest BCUT2D eigenvalue weighted by atomic mass is 16.1. The topological polar surface area (TPSA) is 55.6 Å². The zero-order chi connectivity index (χ0) is 45.0. The number of benzene rings is 9. The summed E-state index contributed by atoms with van der Waals surface area (Å²) < 4.78 is 2.02. The van der Waals surface area contributed by atoms with E-state index < -0.39 is 0 Å². The van der Waals surface area contributed by atoms with E-state index in [0.29, 0.717) is 48.9 Å². The van der Waals surface area contributed by atoms with Gasteiger partial charge in [0, 0.05) is 32.3 Å². The molecule has 12 rings (SSSR count). The van der Waals surface area contributed by atoms with Crippen molar-refractivity contribution >= 4 is 85.3 Å². The molecule has 0 atom stereocenters. The van der Waals surface area contributed by atoms with Crippen LogP contribution in [0.4, 0.5) is 0 Å². The smallest absolute Gasteiger partial charge is 0.197 e. The van der Waals surface area contributed by atoms with Crippen LogP contribution in [0.25, 0.3) is 119 Å². The van der Waals surface area contributed by atoms with Gasteiger partial charge in [-0.1, -0.05) is 200 Å². The SMILES string of the molecule is O=c1c2cc(-c3ccc(C=Cc4ccccc4)cc3)cc3c(=O)c4cc(-c5ccc(C=Cc6ccccc6)cc5)cc5c(=O)c6cc(-c7ccc(C=Cc8ccccc8)cc7)cc1c6n(c23)c45. The average molecular weight is 858 g/mol. The molecule has 0 N–H and O–H groups in total. The van der Waals surface area contributed by atoms with Gasteiger partial charge in [0.05, 0.1) is 16.6 Å². The number of rotatable bonds is 9. The molecule has 12 aromatic rings. The summed E-state index contributed by atoms with van der Waals surface area (Å²) in [5.41, 5.74) is 12.3. The Kier molecular flexibility index (Phi) is 9.58. The molecule has 0 aliphatic carbocycles. The van der Waals surface area contributed by atoms with Crippen LogP contribution in [0.3, 0.4) is 0 Å². The van der Waals surface area contributed by atoms with E-state index in [1.165, 1.54) is 0 Å². The lowest BCUT2D eigenvalue weighted by Crippen LogP contribution is -2.19. The van der Waals surface area contributed by atoms with Gasteiger partial charge in [0.25, 0.3) is 0 Å². The van der Waals surface area contributed by atoms with Gasteiger partial charge in [-0.25, -0.2) is 0 Å². The van der Waals surface area contributed by atoms with Crippen molar-refractivity contribution in [2.45, 2.75) is 0 Å². The Balaban J connectivity index is 1.06. The van der Waals surface area contributed by atoms with Crippen molar-refractivity contribution in [3.63, 3.8) is 0 Å². The van der Waals surface area contributed by atoms with Gasteiger partial charge in [-0.15, -0.1) is 0 Å². The summed E-state index contributed by atoms with van der Waals surface area (Å²) >= 11 is 0. The van der Waals surface area contributed by atoms with E-state index in [0.717, 1.165) is 66.8 Å². The molecule has 0 aliphatic heterocycles. The third-order valence-electron chi connectivity index (χ3n) is 13.0. The van der Waals surface area contributed by atoms with E-state index in [9.17, 15) is 0 Å². The zero-order valence-corrected chi connectivity index (χ0v) is 36.2. The van der Waals surface area contributed by atoms with Crippen LogP contribution >= 0.6 is 0 Å². The van der Waals surface area contributed by atoms with Crippen LogP contribution < -0.4 is 16.3 Å². The highest BCUT2D eigenvalue weighted by Gasteiger charge is 2.25. The quantitative estimate of drug-likeness (QED) is 0.0825. The Bertz CT molecular complexity index is 3550. The first-order valence-electron chi connectivity index (χ1n) is 22.4.